The van der Waals surface area contributed by atoms with Gasteiger partial charge >= 0.3 is 6.09 Å². The molecule has 1 N–H and O–H groups in total. The van der Waals surface area contributed by atoms with E-state index in [0.717, 1.165) is 11.3 Å². The van der Waals surface area contributed by atoms with Crippen LogP contribution in [0, 0.1) is 6.92 Å². The number of pyridine rings is 1. The molecular weight excluding hydrogens is 404 g/mol. The van der Waals surface area contributed by atoms with Gasteiger partial charge in [-0.15, -0.1) is 0 Å². The molecule has 1 fully saturated rings. The fraction of sp³-hybridized carbons (Fsp3) is 0.409. The maximum absolute atomic E-state index is 12.8. The topological polar surface area (TPSA) is 74.8 Å². The number of piperazine rings is 1. The first-order chi connectivity index (χ1) is 14.1. The summed E-state index contributed by atoms with van der Waals surface area (Å²) in [5, 5.41) is 3.63. The normalized spacial score (nSPS) is 14.4. The van der Waals surface area contributed by atoms with Gasteiger partial charge in [0.1, 0.15) is 16.6 Å². The number of ether oxygens (including phenoxy) is 1. The highest BCUT2D eigenvalue weighted by molar-refractivity contribution is 6.29. The second-order valence-corrected chi connectivity index (χ2v) is 8.65. The molecule has 0 spiro atoms. The lowest BCUT2D eigenvalue weighted by Crippen LogP contribution is -2.51. The van der Waals surface area contributed by atoms with Gasteiger partial charge in [0, 0.05) is 37.4 Å². The summed E-state index contributed by atoms with van der Waals surface area (Å²) in [6, 6.07) is 10.9. The Hall–Kier alpha value is -2.80. The average molecular weight is 431 g/mol. The van der Waals surface area contributed by atoms with E-state index in [0.29, 0.717) is 42.7 Å². The molecule has 0 saturated carbocycles. The van der Waals surface area contributed by atoms with Crippen LogP contribution in [0.4, 0.5) is 16.3 Å². The lowest BCUT2D eigenvalue weighted by Gasteiger charge is -2.35. The maximum Gasteiger partial charge on any atom is 0.410 e. The minimum atomic E-state index is -0.529. The lowest BCUT2D eigenvalue weighted by molar-refractivity contribution is 0.0141. The second kappa shape index (κ2) is 8.92. The molecule has 0 aliphatic carbocycles. The van der Waals surface area contributed by atoms with E-state index in [4.69, 9.17) is 16.3 Å². The van der Waals surface area contributed by atoms with Crippen molar-refractivity contribution in [3.63, 3.8) is 0 Å². The number of halogens is 1. The largest absolute Gasteiger partial charge is 0.444 e. The summed E-state index contributed by atoms with van der Waals surface area (Å²) < 4.78 is 5.40. The van der Waals surface area contributed by atoms with Crippen molar-refractivity contribution in [1.82, 2.24) is 14.8 Å². The van der Waals surface area contributed by atoms with E-state index in [9.17, 15) is 9.59 Å². The number of nitrogens with one attached hydrogen (secondary N) is 1. The number of hydrogen-bond donors (Lipinski definition) is 1. The van der Waals surface area contributed by atoms with Crippen molar-refractivity contribution in [2.24, 2.45) is 0 Å². The molecule has 0 bridgehead atoms. The Bertz CT molecular complexity index is 917. The molecule has 8 heteroatoms. The van der Waals surface area contributed by atoms with Crippen molar-refractivity contribution in [1.29, 1.82) is 0 Å². The minimum Gasteiger partial charge on any atom is -0.444 e. The number of amides is 2. The van der Waals surface area contributed by atoms with Gasteiger partial charge in [-0.1, -0.05) is 17.7 Å². The molecule has 1 saturated heterocycles. The maximum atomic E-state index is 12.8. The summed E-state index contributed by atoms with van der Waals surface area (Å²) in [7, 11) is 0. The molecule has 160 valence electrons. The Kier molecular flexibility index (Phi) is 6.51. The third-order valence-corrected chi connectivity index (χ3v) is 4.89. The van der Waals surface area contributed by atoms with Crippen LogP contribution in [0.15, 0.2) is 36.4 Å². The number of rotatable bonds is 3. The van der Waals surface area contributed by atoms with Crippen molar-refractivity contribution in [3.05, 3.63) is 52.7 Å². The van der Waals surface area contributed by atoms with Crippen LogP contribution < -0.4 is 5.32 Å². The molecule has 2 amide bonds. The minimum absolute atomic E-state index is 0.0533. The number of anilines is 2. The smallest absolute Gasteiger partial charge is 0.410 e. The van der Waals surface area contributed by atoms with E-state index < -0.39 is 5.60 Å². The molecule has 30 heavy (non-hydrogen) atoms. The molecule has 1 aliphatic heterocycles. The number of benzene rings is 1. The van der Waals surface area contributed by atoms with Crippen LogP contribution in [0.3, 0.4) is 0 Å². The van der Waals surface area contributed by atoms with Crippen LogP contribution in [-0.2, 0) is 4.74 Å². The van der Waals surface area contributed by atoms with E-state index >= 15 is 0 Å². The van der Waals surface area contributed by atoms with Crippen LogP contribution >= 0.6 is 11.6 Å². The summed E-state index contributed by atoms with van der Waals surface area (Å²) in [5.41, 5.74) is 1.86. The van der Waals surface area contributed by atoms with Crippen molar-refractivity contribution in [2.45, 2.75) is 33.3 Å². The highest BCUT2D eigenvalue weighted by Gasteiger charge is 2.28. The Balaban J connectivity index is 1.57. The zero-order chi connectivity index (χ0) is 21.9. The van der Waals surface area contributed by atoms with E-state index in [-0.39, 0.29) is 12.0 Å². The van der Waals surface area contributed by atoms with E-state index in [1.165, 1.54) is 0 Å². The third kappa shape index (κ3) is 5.63. The summed E-state index contributed by atoms with van der Waals surface area (Å²) in [4.78, 5) is 32.7. The SMILES string of the molecule is Cc1ccc(Cl)nc1Nc1ccc(C(=O)N2CCN(C(=O)OC(C)(C)C)CC2)cc1. The Morgan fingerprint density at radius 3 is 2.20 bits per heavy atom. The molecule has 7 nitrogen and oxygen atoms in total. The Labute approximate surface area is 182 Å². The van der Waals surface area contributed by atoms with Gasteiger partial charge in [-0.3, -0.25) is 4.79 Å². The summed E-state index contributed by atoms with van der Waals surface area (Å²) >= 11 is 5.96. The number of carbonyl (C=O) groups excluding carboxylic acids is 2. The number of aryl methyl sites for hydroxylation is 1. The van der Waals surface area contributed by atoms with Crippen LogP contribution in [0.5, 0.6) is 0 Å². The molecule has 0 radical (unpaired) electrons. The zero-order valence-electron chi connectivity index (χ0n) is 17.7. The van der Waals surface area contributed by atoms with Crippen molar-refractivity contribution in [3.8, 4) is 0 Å². The van der Waals surface area contributed by atoms with Gasteiger partial charge in [0.25, 0.3) is 5.91 Å². The molecule has 0 unspecified atom stereocenters. The van der Waals surface area contributed by atoms with E-state index in [1.54, 1.807) is 28.0 Å². The molecule has 0 atom stereocenters. The number of hydrogen-bond acceptors (Lipinski definition) is 5. The summed E-state index contributed by atoms with van der Waals surface area (Å²) in [6.45, 7) is 9.33. The molecule has 2 aromatic rings. The quantitative estimate of drug-likeness (QED) is 0.726. The fourth-order valence-corrected chi connectivity index (χ4v) is 3.21. The van der Waals surface area contributed by atoms with E-state index in [1.807, 2.05) is 45.9 Å². The summed E-state index contributed by atoms with van der Waals surface area (Å²) in [5.74, 6) is 0.627. The molecule has 1 aromatic carbocycles. The highest BCUT2D eigenvalue weighted by atomic mass is 35.5. The monoisotopic (exact) mass is 430 g/mol. The number of nitrogens with zero attached hydrogens (tertiary/aromatic N) is 3. The fourth-order valence-electron chi connectivity index (χ4n) is 3.07. The Morgan fingerprint density at radius 2 is 1.60 bits per heavy atom. The third-order valence-electron chi connectivity index (χ3n) is 4.68. The number of carbonyl (C=O) groups is 2. The first kappa shape index (κ1) is 21.9. The van der Waals surface area contributed by atoms with Crippen LogP contribution in [0.2, 0.25) is 5.15 Å². The predicted molar refractivity (Wildman–Crippen MR) is 117 cm³/mol. The van der Waals surface area contributed by atoms with Crippen molar-refractivity contribution >= 4 is 35.1 Å². The van der Waals surface area contributed by atoms with Crippen LogP contribution in [-0.4, -0.2) is 58.6 Å². The standard InChI is InChI=1S/C22H27ClN4O3/c1-15-5-10-18(23)25-19(15)24-17-8-6-16(7-9-17)20(28)26-11-13-27(14-12-26)21(29)30-22(2,3)4/h5-10H,11-14H2,1-4H3,(H,24,25). The molecule has 3 rings (SSSR count). The molecule has 1 aromatic heterocycles. The van der Waals surface area contributed by atoms with Crippen molar-refractivity contribution < 1.29 is 14.3 Å². The summed E-state index contributed by atoms with van der Waals surface area (Å²) in [6.07, 6.45) is -0.338. The molecular formula is C22H27ClN4O3. The number of aromatic nitrogens is 1. The first-order valence-corrected chi connectivity index (χ1v) is 10.3. The second-order valence-electron chi connectivity index (χ2n) is 8.26. The van der Waals surface area contributed by atoms with Crippen LogP contribution in [0.1, 0.15) is 36.7 Å². The van der Waals surface area contributed by atoms with Gasteiger partial charge in [0.2, 0.25) is 0 Å². The molecule has 1 aliphatic rings. The lowest BCUT2D eigenvalue weighted by atomic mass is 10.1. The van der Waals surface area contributed by atoms with E-state index in [2.05, 4.69) is 10.3 Å². The molecule has 2 heterocycles. The first-order valence-electron chi connectivity index (χ1n) is 9.90. The predicted octanol–water partition coefficient (Wildman–Crippen LogP) is 4.48. The van der Waals surface area contributed by atoms with Gasteiger partial charge in [-0.05, 0) is 63.6 Å². The van der Waals surface area contributed by atoms with Gasteiger partial charge in [0.05, 0.1) is 0 Å². The van der Waals surface area contributed by atoms with Gasteiger partial charge in [0.15, 0.2) is 0 Å². The Morgan fingerprint density at radius 1 is 1.00 bits per heavy atom. The van der Waals surface area contributed by atoms with Crippen molar-refractivity contribution in [2.75, 3.05) is 31.5 Å². The average Bonchev–Trinajstić information content (AvgIpc) is 2.70. The van der Waals surface area contributed by atoms with Gasteiger partial charge in [-0.2, -0.15) is 0 Å². The highest BCUT2D eigenvalue weighted by Crippen LogP contribution is 2.21. The van der Waals surface area contributed by atoms with Crippen LogP contribution in [0.25, 0.3) is 0 Å². The van der Waals surface area contributed by atoms with Gasteiger partial charge < -0.3 is 19.9 Å². The zero-order valence-corrected chi connectivity index (χ0v) is 18.5. The van der Waals surface area contributed by atoms with Gasteiger partial charge in [-0.25, -0.2) is 9.78 Å².